The Hall–Kier alpha value is -0.610. The maximum absolute atomic E-state index is 10.9. The van der Waals surface area contributed by atoms with Crippen molar-refractivity contribution in [2.24, 2.45) is 0 Å². The fraction of sp³-hybridized carbons (Fsp3) is 0.909. The lowest BCUT2D eigenvalue weighted by Gasteiger charge is -2.21. The first-order valence-electron chi connectivity index (χ1n) is 5.84. The molecular formula is C11H24N2O2. The van der Waals surface area contributed by atoms with Crippen molar-refractivity contribution in [2.45, 2.75) is 39.7 Å². The average molecular weight is 216 g/mol. The van der Waals surface area contributed by atoms with Gasteiger partial charge in [-0.05, 0) is 32.5 Å². The van der Waals surface area contributed by atoms with Crippen LogP contribution in [0.25, 0.3) is 0 Å². The predicted molar refractivity (Wildman–Crippen MR) is 62.1 cm³/mol. The van der Waals surface area contributed by atoms with Crippen LogP contribution >= 0.6 is 0 Å². The Balaban J connectivity index is 3.89. The molecule has 0 aliphatic heterocycles. The van der Waals surface area contributed by atoms with Gasteiger partial charge in [0, 0.05) is 6.54 Å². The van der Waals surface area contributed by atoms with Crippen molar-refractivity contribution < 1.29 is 9.90 Å². The van der Waals surface area contributed by atoms with E-state index in [1.807, 2.05) is 6.92 Å². The van der Waals surface area contributed by atoms with E-state index in [0.717, 1.165) is 32.6 Å². The summed E-state index contributed by atoms with van der Waals surface area (Å²) in [5, 5.41) is 12.0. The Morgan fingerprint density at radius 2 is 1.93 bits per heavy atom. The lowest BCUT2D eigenvalue weighted by molar-refractivity contribution is -0.139. The van der Waals surface area contributed by atoms with Gasteiger partial charge in [-0.25, -0.2) is 0 Å². The lowest BCUT2D eigenvalue weighted by Crippen LogP contribution is -2.40. The number of nitrogens with zero attached hydrogens (tertiary/aromatic N) is 1. The van der Waals surface area contributed by atoms with Crippen molar-refractivity contribution in [3.8, 4) is 0 Å². The summed E-state index contributed by atoms with van der Waals surface area (Å²) in [4.78, 5) is 13.2. The molecule has 4 heteroatoms. The van der Waals surface area contributed by atoms with E-state index >= 15 is 0 Å². The number of nitrogens with one attached hydrogen (secondary N) is 1. The summed E-state index contributed by atoms with van der Waals surface area (Å²) in [6.07, 6.45) is 1.64. The lowest BCUT2D eigenvalue weighted by atomic mass is 10.2. The average Bonchev–Trinajstić information content (AvgIpc) is 2.23. The smallest absolute Gasteiger partial charge is 0.320 e. The summed E-state index contributed by atoms with van der Waals surface area (Å²) in [6.45, 7) is 9.82. The standard InChI is InChI=1S/C11H24N2O2/c1-4-8-12-10(11(14)15)7-9-13(5-2)6-3/h10,12H,4-9H2,1-3H3,(H,14,15). The largest absolute Gasteiger partial charge is 0.480 e. The van der Waals surface area contributed by atoms with Crippen molar-refractivity contribution >= 4 is 5.97 Å². The second kappa shape index (κ2) is 8.68. The SMILES string of the molecule is CCCNC(CCN(CC)CC)C(=O)O. The number of rotatable bonds is 9. The van der Waals surface area contributed by atoms with E-state index in [4.69, 9.17) is 5.11 Å². The van der Waals surface area contributed by atoms with Gasteiger partial charge >= 0.3 is 5.97 Å². The highest BCUT2D eigenvalue weighted by atomic mass is 16.4. The Bertz CT molecular complexity index is 170. The van der Waals surface area contributed by atoms with E-state index in [1.165, 1.54) is 0 Å². The number of hydrogen-bond donors (Lipinski definition) is 2. The Labute approximate surface area is 92.7 Å². The van der Waals surface area contributed by atoms with Gasteiger partial charge in [-0.15, -0.1) is 0 Å². The maximum atomic E-state index is 10.9. The van der Waals surface area contributed by atoms with Crippen molar-refractivity contribution in [1.82, 2.24) is 10.2 Å². The molecule has 0 aliphatic carbocycles. The summed E-state index contributed by atoms with van der Waals surface area (Å²) in [7, 11) is 0. The maximum Gasteiger partial charge on any atom is 0.320 e. The third-order valence-electron chi connectivity index (χ3n) is 2.57. The highest BCUT2D eigenvalue weighted by molar-refractivity contribution is 5.73. The fourth-order valence-corrected chi connectivity index (χ4v) is 1.48. The molecule has 0 saturated carbocycles. The molecule has 15 heavy (non-hydrogen) atoms. The van der Waals surface area contributed by atoms with E-state index in [-0.39, 0.29) is 0 Å². The second-order valence-electron chi connectivity index (χ2n) is 3.66. The summed E-state index contributed by atoms with van der Waals surface area (Å²) in [5.74, 6) is -0.740. The number of carboxylic acids is 1. The van der Waals surface area contributed by atoms with Crippen LogP contribution < -0.4 is 5.32 Å². The Kier molecular flexibility index (Phi) is 8.33. The minimum Gasteiger partial charge on any atom is -0.480 e. The minimum absolute atomic E-state index is 0.398. The molecule has 0 heterocycles. The van der Waals surface area contributed by atoms with Crippen LogP contribution in [-0.4, -0.2) is 48.2 Å². The second-order valence-corrected chi connectivity index (χ2v) is 3.66. The Morgan fingerprint density at radius 3 is 2.33 bits per heavy atom. The molecule has 0 aromatic carbocycles. The summed E-state index contributed by atoms with van der Waals surface area (Å²) in [5.41, 5.74) is 0. The van der Waals surface area contributed by atoms with Crippen LogP contribution in [0.1, 0.15) is 33.6 Å². The molecule has 0 bridgehead atoms. The van der Waals surface area contributed by atoms with E-state index in [9.17, 15) is 4.79 Å². The highest BCUT2D eigenvalue weighted by Gasteiger charge is 2.16. The van der Waals surface area contributed by atoms with E-state index in [0.29, 0.717) is 6.42 Å². The molecule has 0 aliphatic rings. The third-order valence-corrected chi connectivity index (χ3v) is 2.57. The highest BCUT2D eigenvalue weighted by Crippen LogP contribution is 1.97. The van der Waals surface area contributed by atoms with Gasteiger partial charge in [0.2, 0.25) is 0 Å². The summed E-state index contributed by atoms with van der Waals surface area (Å²) in [6, 6.07) is -0.398. The molecule has 0 spiro atoms. The normalized spacial score (nSPS) is 13.1. The number of carboxylic acid groups (broad SMARTS) is 1. The van der Waals surface area contributed by atoms with Crippen LogP contribution in [0, 0.1) is 0 Å². The van der Waals surface area contributed by atoms with Gasteiger partial charge in [0.1, 0.15) is 6.04 Å². The van der Waals surface area contributed by atoms with Crippen molar-refractivity contribution in [3.63, 3.8) is 0 Å². The molecule has 0 aromatic rings. The van der Waals surface area contributed by atoms with Gasteiger partial charge in [-0.2, -0.15) is 0 Å². The van der Waals surface area contributed by atoms with Crippen LogP contribution in [0.2, 0.25) is 0 Å². The molecule has 0 fully saturated rings. The van der Waals surface area contributed by atoms with Crippen LogP contribution in [-0.2, 0) is 4.79 Å². The molecule has 0 rings (SSSR count). The van der Waals surface area contributed by atoms with Crippen molar-refractivity contribution in [3.05, 3.63) is 0 Å². The molecule has 2 N–H and O–H groups in total. The number of carbonyl (C=O) groups is 1. The first-order chi connectivity index (χ1) is 7.15. The van der Waals surface area contributed by atoms with Gasteiger partial charge in [0.25, 0.3) is 0 Å². The number of hydrogen-bond acceptors (Lipinski definition) is 3. The van der Waals surface area contributed by atoms with E-state index in [2.05, 4.69) is 24.1 Å². The zero-order valence-corrected chi connectivity index (χ0v) is 10.1. The van der Waals surface area contributed by atoms with Crippen LogP contribution in [0.4, 0.5) is 0 Å². The van der Waals surface area contributed by atoms with Crippen LogP contribution in [0.15, 0.2) is 0 Å². The summed E-state index contributed by atoms with van der Waals surface area (Å²) >= 11 is 0. The molecule has 0 saturated heterocycles. The molecule has 4 nitrogen and oxygen atoms in total. The molecule has 90 valence electrons. The van der Waals surface area contributed by atoms with Gasteiger partial charge in [0.05, 0.1) is 0 Å². The third kappa shape index (κ3) is 6.47. The monoisotopic (exact) mass is 216 g/mol. The van der Waals surface area contributed by atoms with Crippen LogP contribution in [0.3, 0.4) is 0 Å². The van der Waals surface area contributed by atoms with Gasteiger partial charge in [0.15, 0.2) is 0 Å². The Morgan fingerprint density at radius 1 is 1.33 bits per heavy atom. The molecule has 0 radical (unpaired) electrons. The molecule has 0 amide bonds. The first kappa shape index (κ1) is 14.4. The fourth-order valence-electron chi connectivity index (χ4n) is 1.48. The number of aliphatic carboxylic acids is 1. The van der Waals surface area contributed by atoms with Crippen LogP contribution in [0.5, 0.6) is 0 Å². The molecule has 1 unspecified atom stereocenters. The van der Waals surface area contributed by atoms with Crippen molar-refractivity contribution in [1.29, 1.82) is 0 Å². The van der Waals surface area contributed by atoms with Gasteiger partial charge in [-0.1, -0.05) is 20.8 Å². The summed E-state index contributed by atoms with van der Waals surface area (Å²) < 4.78 is 0. The minimum atomic E-state index is -0.740. The molecule has 1 atom stereocenters. The van der Waals surface area contributed by atoms with Crippen molar-refractivity contribution in [2.75, 3.05) is 26.2 Å². The molecular weight excluding hydrogens is 192 g/mol. The topological polar surface area (TPSA) is 52.6 Å². The zero-order chi connectivity index (χ0) is 11.7. The quantitative estimate of drug-likeness (QED) is 0.607. The van der Waals surface area contributed by atoms with E-state index < -0.39 is 12.0 Å². The van der Waals surface area contributed by atoms with Gasteiger partial charge in [-0.3, -0.25) is 4.79 Å². The van der Waals surface area contributed by atoms with Gasteiger partial charge < -0.3 is 15.3 Å². The predicted octanol–water partition coefficient (Wildman–Crippen LogP) is 1.17. The first-order valence-corrected chi connectivity index (χ1v) is 5.84. The zero-order valence-electron chi connectivity index (χ0n) is 10.1. The van der Waals surface area contributed by atoms with E-state index in [1.54, 1.807) is 0 Å². The molecule has 0 aromatic heterocycles.